The summed E-state index contributed by atoms with van der Waals surface area (Å²) in [5, 5.41) is 22.7. The van der Waals surface area contributed by atoms with Crippen molar-refractivity contribution in [2.75, 3.05) is 13.2 Å². The van der Waals surface area contributed by atoms with Crippen LogP contribution in [0.2, 0.25) is 4.34 Å². The number of thiophene rings is 1. The summed E-state index contributed by atoms with van der Waals surface area (Å²) in [5.74, 6) is -0.666. The second-order valence-electron chi connectivity index (χ2n) is 7.42. The van der Waals surface area contributed by atoms with Crippen LogP contribution >= 0.6 is 22.9 Å². The number of aromatic nitrogens is 4. The second-order valence-corrected chi connectivity index (χ2v) is 9.13. The Balaban J connectivity index is 1.60. The third-order valence-electron chi connectivity index (χ3n) is 5.01. The minimum absolute atomic E-state index is 0.0532. The van der Waals surface area contributed by atoms with Crippen LogP contribution in [0, 0.1) is 0 Å². The van der Waals surface area contributed by atoms with Gasteiger partial charge in [0.25, 0.3) is 17.4 Å². The molecule has 0 atom stereocenters. The predicted octanol–water partition coefficient (Wildman–Crippen LogP) is 2.38. The van der Waals surface area contributed by atoms with Crippen molar-refractivity contribution in [3.05, 3.63) is 85.7 Å². The molecule has 0 aliphatic carbocycles. The molecular weight excluding hydrogens is 492 g/mol. The summed E-state index contributed by atoms with van der Waals surface area (Å²) in [6.07, 6.45) is 3.55. The molecule has 3 heterocycles. The first-order valence-corrected chi connectivity index (χ1v) is 11.8. The number of rotatable bonds is 9. The highest BCUT2D eigenvalue weighted by molar-refractivity contribution is 7.17. The van der Waals surface area contributed by atoms with E-state index in [9.17, 15) is 14.4 Å². The molecule has 4 aromatic rings. The summed E-state index contributed by atoms with van der Waals surface area (Å²) in [7, 11) is 0. The van der Waals surface area contributed by atoms with Crippen LogP contribution in [0.25, 0.3) is 16.8 Å². The van der Waals surface area contributed by atoms with Crippen LogP contribution in [0.1, 0.15) is 32.1 Å². The summed E-state index contributed by atoms with van der Waals surface area (Å²) >= 11 is 7.05. The number of pyridine rings is 1. The Morgan fingerprint density at radius 2 is 2.00 bits per heavy atom. The van der Waals surface area contributed by atoms with E-state index in [4.69, 9.17) is 16.7 Å². The molecule has 180 valence electrons. The van der Waals surface area contributed by atoms with Crippen molar-refractivity contribution in [3.8, 4) is 16.8 Å². The average Bonchev–Trinajstić information content (AvgIpc) is 3.52. The van der Waals surface area contributed by atoms with Gasteiger partial charge in [0.05, 0.1) is 33.2 Å². The highest BCUT2D eigenvalue weighted by atomic mass is 35.5. The van der Waals surface area contributed by atoms with Crippen LogP contribution in [0.4, 0.5) is 0 Å². The highest BCUT2D eigenvalue weighted by Gasteiger charge is 2.17. The van der Waals surface area contributed by atoms with Gasteiger partial charge in [-0.3, -0.25) is 14.4 Å². The van der Waals surface area contributed by atoms with Crippen LogP contribution in [0.5, 0.6) is 0 Å². The lowest BCUT2D eigenvalue weighted by atomic mass is 10.0. The number of H-pyrrole nitrogens is 1. The van der Waals surface area contributed by atoms with Gasteiger partial charge >= 0.3 is 0 Å². The molecule has 0 bridgehead atoms. The van der Waals surface area contributed by atoms with E-state index in [0.29, 0.717) is 38.1 Å². The van der Waals surface area contributed by atoms with Gasteiger partial charge in [0.1, 0.15) is 5.69 Å². The monoisotopic (exact) mass is 512 g/mol. The zero-order chi connectivity index (χ0) is 24.8. The Morgan fingerprint density at radius 1 is 1.14 bits per heavy atom. The molecule has 0 spiro atoms. The van der Waals surface area contributed by atoms with E-state index in [0.717, 1.165) is 0 Å². The molecule has 4 rings (SSSR count). The van der Waals surface area contributed by atoms with Crippen molar-refractivity contribution in [2.24, 2.45) is 0 Å². The van der Waals surface area contributed by atoms with E-state index >= 15 is 0 Å². The molecule has 35 heavy (non-hydrogen) atoms. The molecule has 1 aromatic carbocycles. The highest BCUT2D eigenvalue weighted by Crippen LogP contribution is 2.23. The zero-order valence-electron chi connectivity index (χ0n) is 18.3. The van der Waals surface area contributed by atoms with E-state index in [1.54, 1.807) is 48.7 Å². The van der Waals surface area contributed by atoms with Gasteiger partial charge in [-0.2, -0.15) is 0 Å². The largest absolute Gasteiger partial charge is 0.396 e. The number of nitrogens with zero attached hydrogens (tertiary/aromatic N) is 3. The van der Waals surface area contributed by atoms with Gasteiger partial charge in [-0.15, -0.1) is 16.4 Å². The third-order valence-corrected chi connectivity index (χ3v) is 6.24. The minimum Gasteiger partial charge on any atom is -0.396 e. The molecular formula is C23H21ClN6O4S. The number of aromatic amines is 1. The van der Waals surface area contributed by atoms with Gasteiger partial charge in [-0.05, 0) is 48.4 Å². The van der Waals surface area contributed by atoms with Crippen molar-refractivity contribution < 1.29 is 14.7 Å². The van der Waals surface area contributed by atoms with Crippen LogP contribution in [-0.4, -0.2) is 50.1 Å². The van der Waals surface area contributed by atoms with E-state index in [-0.39, 0.29) is 42.6 Å². The second kappa shape index (κ2) is 11.1. The SMILES string of the molecule is O=C(NCc1cn(-c2ccc(-c3ccc[nH]c3=O)cc2C(=O)NCCCO)nn1)c1ccc(Cl)s1. The van der Waals surface area contributed by atoms with Crippen LogP contribution in [0.3, 0.4) is 0 Å². The van der Waals surface area contributed by atoms with Crippen molar-refractivity contribution in [2.45, 2.75) is 13.0 Å². The maximum Gasteiger partial charge on any atom is 0.261 e. The third kappa shape index (κ3) is 5.83. The fourth-order valence-corrected chi connectivity index (χ4v) is 4.26. The topological polar surface area (TPSA) is 142 Å². The predicted molar refractivity (Wildman–Crippen MR) is 132 cm³/mol. The number of nitrogens with one attached hydrogen (secondary N) is 3. The standard InChI is InChI=1S/C23H21ClN6O4S/c24-20-7-6-19(35-20)23(34)27-12-15-13-30(29-28-15)18-5-4-14(16-3-1-8-25-21(16)32)11-17(18)22(33)26-9-2-10-31/h1,3-8,11,13,31H,2,9-10,12H2,(H,25,32)(H,26,33)(H,27,34). The fraction of sp³-hybridized carbons (Fsp3) is 0.174. The Hall–Kier alpha value is -3.80. The van der Waals surface area contributed by atoms with E-state index in [1.165, 1.54) is 22.2 Å². The molecule has 3 aromatic heterocycles. The van der Waals surface area contributed by atoms with Crippen molar-refractivity contribution in [1.29, 1.82) is 0 Å². The molecule has 2 amide bonds. The van der Waals surface area contributed by atoms with Crippen LogP contribution in [0.15, 0.2) is 59.7 Å². The quantitative estimate of drug-likeness (QED) is 0.254. The zero-order valence-corrected chi connectivity index (χ0v) is 19.9. The number of amides is 2. The number of halogens is 1. The number of hydrogen-bond donors (Lipinski definition) is 4. The van der Waals surface area contributed by atoms with Crippen molar-refractivity contribution >= 4 is 34.8 Å². The Labute approximate surface area is 208 Å². The van der Waals surface area contributed by atoms with Crippen LogP contribution < -0.4 is 16.2 Å². The lowest BCUT2D eigenvalue weighted by Gasteiger charge is -2.12. The molecule has 0 aliphatic heterocycles. The smallest absolute Gasteiger partial charge is 0.261 e. The number of aliphatic hydroxyl groups is 1. The Kier molecular flexibility index (Phi) is 7.70. The number of aliphatic hydroxyl groups excluding tert-OH is 1. The lowest BCUT2D eigenvalue weighted by molar-refractivity contribution is 0.0944. The summed E-state index contributed by atoms with van der Waals surface area (Å²) in [5.41, 5.74) is 1.90. The summed E-state index contributed by atoms with van der Waals surface area (Å²) in [6, 6.07) is 11.7. The summed E-state index contributed by atoms with van der Waals surface area (Å²) < 4.78 is 1.95. The molecule has 12 heteroatoms. The first-order valence-electron chi connectivity index (χ1n) is 10.6. The maximum atomic E-state index is 13.0. The first kappa shape index (κ1) is 24.3. The number of benzene rings is 1. The number of hydrogen-bond acceptors (Lipinski definition) is 7. The Bertz CT molecular complexity index is 1410. The molecule has 0 saturated heterocycles. The van der Waals surface area contributed by atoms with Gasteiger partial charge in [-0.1, -0.05) is 22.9 Å². The molecule has 0 fully saturated rings. The van der Waals surface area contributed by atoms with Gasteiger partial charge in [0.15, 0.2) is 0 Å². The Morgan fingerprint density at radius 3 is 2.74 bits per heavy atom. The minimum atomic E-state index is -0.386. The molecule has 0 saturated carbocycles. The normalized spacial score (nSPS) is 10.8. The summed E-state index contributed by atoms with van der Waals surface area (Å²) in [4.78, 5) is 40.6. The fourth-order valence-electron chi connectivity index (χ4n) is 3.30. The average molecular weight is 513 g/mol. The van der Waals surface area contributed by atoms with Gasteiger partial charge in [0.2, 0.25) is 0 Å². The van der Waals surface area contributed by atoms with Gasteiger partial charge < -0.3 is 20.7 Å². The molecule has 0 aliphatic rings. The van der Waals surface area contributed by atoms with E-state index < -0.39 is 0 Å². The molecule has 0 radical (unpaired) electrons. The van der Waals surface area contributed by atoms with E-state index in [2.05, 4.69) is 25.9 Å². The first-order chi connectivity index (χ1) is 17.0. The lowest BCUT2D eigenvalue weighted by Crippen LogP contribution is -2.26. The van der Waals surface area contributed by atoms with Gasteiger partial charge in [0, 0.05) is 24.9 Å². The van der Waals surface area contributed by atoms with E-state index in [1.807, 2.05) is 0 Å². The molecule has 0 unspecified atom stereocenters. The van der Waals surface area contributed by atoms with Crippen molar-refractivity contribution in [1.82, 2.24) is 30.6 Å². The molecule has 4 N–H and O–H groups in total. The molecule has 10 nitrogen and oxygen atoms in total. The maximum absolute atomic E-state index is 13.0. The van der Waals surface area contributed by atoms with Crippen LogP contribution in [-0.2, 0) is 6.54 Å². The number of carbonyl (C=O) groups excluding carboxylic acids is 2. The van der Waals surface area contributed by atoms with Crippen molar-refractivity contribution in [3.63, 3.8) is 0 Å². The summed E-state index contributed by atoms with van der Waals surface area (Å²) in [6.45, 7) is 0.360. The number of carbonyl (C=O) groups is 2. The van der Waals surface area contributed by atoms with Gasteiger partial charge in [-0.25, -0.2) is 4.68 Å².